The first-order valence-electron chi connectivity index (χ1n) is 11.3. The molecule has 3 N–H and O–H groups in total. The van der Waals surface area contributed by atoms with Gasteiger partial charge in [-0.05, 0) is 82.4 Å². The number of anilines is 2. The van der Waals surface area contributed by atoms with Crippen LogP contribution in [0.4, 0.5) is 11.4 Å². The standard InChI is InChI=1S/C27H28BrN3O3S/c1-18(2)13-14-34-24-12-11-20(16-23(24)28)26(33)31-27(35)30-22-10-6-9-21(17-22)29-25(32)15-19-7-4-3-5-8-19/h3-12,16-18H,13-15H2,1-2H3,(H,29,32)(H2,30,31,33,35). The zero-order valence-corrected chi connectivity index (χ0v) is 22.0. The van der Waals surface area contributed by atoms with Crippen LogP contribution in [0.3, 0.4) is 0 Å². The van der Waals surface area contributed by atoms with E-state index in [9.17, 15) is 9.59 Å². The molecule has 0 saturated heterocycles. The molecule has 0 bridgehead atoms. The van der Waals surface area contributed by atoms with Crippen LogP contribution in [0.1, 0.15) is 36.2 Å². The van der Waals surface area contributed by atoms with Gasteiger partial charge in [-0.3, -0.25) is 14.9 Å². The number of hydrogen-bond donors (Lipinski definition) is 3. The van der Waals surface area contributed by atoms with Crippen molar-refractivity contribution < 1.29 is 14.3 Å². The van der Waals surface area contributed by atoms with Crippen LogP contribution in [0.25, 0.3) is 0 Å². The number of carbonyl (C=O) groups excluding carboxylic acids is 2. The number of carbonyl (C=O) groups is 2. The SMILES string of the molecule is CC(C)CCOc1ccc(C(=O)NC(=S)Nc2cccc(NC(=O)Cc3ccccc3)c2)cc1Br. The van der Waals surface area contributed by atoms with E-state index in [0.29, 0.717) is 39.7 Å². The predicted molar refractivity (Wildman–Crippen MR) is 148 cm³/mol. The summed E-state index contributed by atoms with van der Waals surface area (Å²) in [5, 5.41) is 8.68. The van der Waals surface area contributed by atoms with E-state index in [-0.39, 0.29) is 23.3 Å². The molecular weight excluding hydrogens is 526 g/mol. The van der Waals surface area contributed by atoms with Gasteiger partial charge in [-0.1, -0.05) is 50.2 Å². The molecule has 0 aliphatic rings. The largest absolute Gasteiger partial charge is 0.492 e. The van der Waals surface area contributed by atoms with Crippen molar-refractivity contribution in [2.45, 2.75) is 26.7 Å². The van der Waals surface area contributed by atoms with E-state index < -0.39 is 0 Å². The minimum absolute atomic E-state index is 0.119. The Morgan fingerprint density at radius 3 is 2.34 bits per heavy atom. The van der Waals surface area contributed by atoms with Crippen molar-refractivity contribution in [1.82, 2.24) is 5.32 Å². The fraction of sp³-hybridized carbons (Fsp3) is 0.222. The molecule has 0 saturated carbocycles. The fourth-order valence-electron chi connectivity index (χ4n) is 3.16. The van der Waals surface area contributed by atoms with Gasteiger partial charge in [0.15, 0.2) is 5.11 Å². The van der Waals surface area contributed by atoms with E-state index in [1.165, 1.54) is 0 Å². The maximum absolute atomic E-state index is 12.6. The van der Waals surface area contributed by atoms with Crippen molar-refractivity contribution in [3.8, 4) is 5.75 Å². The van der Waals surface area contributed by atoms with Crippen molar-refractivity contribution >= 4 is 56.4 Å². The minimum atomic E-state index is -0.343. The molecule has 35 heavy (non-hydrogen) atoms. The van der Waals surface area contributed by atoms with Gasteiger partial charge < -0.3 is 15.4 Å². The Morgan fingerprint density at radius 1 is 0.943 bits per heavy atom. The zero-order chi connectivity index (χ0) is 25.2. The van der Waals surface area contributed by atoms with Crippen molar-refractivity contribution in [3.05, 3.63) is 88.4 Å². The van der Waals surface area contributed by atoms with E-state index in [4.69, 9.17) is 17.0 Å². The number of thiocarbonyl (C=S) groups is 1. The van der Waals surface area contributed by atoms with Crippen LogP contribution in [-0.2, 0) is 11.2 Å². The lowest BCUT2D eigenvalue weighted by Crippen LogP contribution is -2.34. The number of benzene rings is 3. The zero-order valence-electron chi connectivity index (χ0n) is 19.6. The second kappa shape index (κ2) is 13.0. The number of halogens is 1. The van der Waals surface area contributed by atoms with Gasteiger partial charge in [-0.25, -0.2) is 0 Å². The summed E-state index contributed by atoms with van der Waals surface area (Å²) in [6.45, 7) is 4.89. The number of nitrogens with one attached hydrogen (secondary N) is 3. The molecule has 0 unspecified atom stereocenters. The topological polar surface area (TPSA) is 79.5 Å². The van der Waals surface area contributed by atoms with Gasteiger partial charge in [0.25, 0.3) is 5.91 Å². The molecule has 0 aromatic heterocycles. The molecule has 0 spiro atoms. The van der Waals surface area contributed by atoms with Gasteiger partial charge in [-0.15, -0.1) is 0 Å². The molecule has 0 aliphatic carbocycles. The Labute approximate surface area is 219 Å². The number of amides is 2. The Kier molecular flexibility index (Phi) is 9.81. The van der Waals surface area contributed by atoms with Crippen molar-refractivity contribution in [3.63, 3.8) is 0 Å². The summed E-state index contributed by atoms with van der Waals surface area (Å²) in [6, 6.07) is 21.8. The maximum Gasteiger partial charge on any atom is 0.257 e. The van der Waals surface area contributed by atoms with E-state index in [1.54, 1.807) is 42.5 Å². The lowest BCUT2D eigenvalue weighted by atomic mass is 10.1. The second-order valence-electron chi connectivity index (χ2n) is 8.38. The smallest absolute Gasteiger partial charge is 0.257 e. The quantitative estimate of drug-likeness (QED) is 0.275. The van der Waals surface area contributed by atoms with Crippen LogP contribution in [-0.4, -0.2) is 23.5 Å². The van der Waals surface area contributed by atoms with Crippen LogP contribution in [0.5, 0.6) is 5.75 Å². The molecule has 2 amide bonds. The fourth-order valence-corrected chi connectivity index (χ4v) is 3.87. The second-order valence-corrected chi connectivity index (χ2v) is 9.64. The summed E-state index contributed by atoms with van der Waals surface area (Å²) in [5.74, 6) is 0.781. The van der Waals surface area contributed by atoms with Gasteiger partial charge in [0, 0.05) is 16.9 Å². The van der Waals surface area contributed by atoms with Crippen LogP contribution >= 0.6 is 28.1 Å². The van der Waals surface area contributed by atoms with Crippen molar-refractivity contribution in [1.29, 1.82) is 0 Å². The Hall–Kier alpha value is -3.23. The van der Waals surface area contributed by atoms with Gasteiger partial charge in [0.1, 0.15) is 5.75 Å². The average molecular weight is 555 g/mol. The van der Waals surface area contributed by atoms with E-state index >= 15 is 0 Å². The highest BCUT2D eigenvalue weighted by Crippen LogP contribution is 2.26. The Morgan fingerprint density at radius 2 is 1.66 bits per heavy atom. The summed E-state index contributed by atoms with van der Waals surface area (Å²) >= 11 is 8.77. The first-order chi connectivity index (χ1) is 16.8. The van der Waals surface area contributed by atoms with Gasteiger partial charge in [-0.2, -0.15) is 0 Å². The summed E-state index contributed by atoms with van der Waals surface area (Å²) in [6.07, 6.45) is 1.23. The van der Waals surface area contributed by atoms with Crippen LogP contribution in [0.15, 0.2) is 77.3 Å². The highest BCUT2D eigenvalue weighted by atomic mass is 79.9. The molecular formula is C27H28BrN3O3S. The Bertz CT molecular complexity index is 1190. The summed E-state index contributed by atoms with van der Waals surface area (Å²) < 4.78 is 6.47. The van der Waals surface area contributed by atoms with Crippen molar-refractivity contribution in [2.75, 3.05) is 17.2 Å². The lowest BCUT2D eigenvalue weighted by molar-refractivity contribution is -0.115. The average Bonchev–Trinajstić information content (AvgIpc) is 2.80. The molecule has 0 heterocycles. The summed E-state index contributed by atoms with van der Waals surface area (Å²) in [4.78, 5) is 25.0. The third kappa shape index (κ3) is 8.81. The van der Waals surface area contributed by atoms with Gasteiger partial charge in [0.2, 0.25) is 5.91 Å². The third-order valence-corrected chi connectivity index (χ3v) is 5.81. The maximum atomic E-state index is 12.6. The van der Waals surface area contributed by atoms with Crippen molar-refractivity contribution in [2.24, 2.45) is 5.92 Å². The third-order valence-electron chi connectivity index (χ3n) is 4.99. The predicted octanol–water partition coefficient (Wildman–Crippen LogP) is 6.18. The molecule has 0 fully saturated rings. The van der Waals surface area contributed by atoms with Crippen LogP contribution in [0, 0.1) is 5.92 Å². The van der Waals surface area contributed by atoms with E-state index in [2.05, 4.69) is 45.7 Å². The molecule has 0 radical (unpaired) electrons. The first-order valence-corrected chi connectivity index (χ1v) is 12.5. The number of hydrogen-bond acceptors (Lipinski definition) is 4. The molecule has 6 nitrogen and oxygen atoms in total. The molecule has 3 rings (SSSR count). The van der Waals surface area contributed by atoms with E-state index in [0.717, 1.165) is 12.0 Å². The molecule has 3 aromatic rings. The minimum Gasteiger partial charge on any atom is -0.492 e. The monoisotopic (exact) mass is 553 g/mol. The summed E-state index contributed by atoms with van der Waals surface area (Å²) in [7, 11) is 0. The molecule has 0 aliphatic heterocycles. The lowest BCUT2D eigenvalue weighted by Gasteiger charge is -2.13. The first kappa shape index (κ1) is 26.4. The van der Waals surface area contributed by atoms with Gasteiger partial charge >= 0.3 is 0 Å². The van der Waals surface area contributed by atoms with Crippen LogP contribution in [0.2, 0.25) is 0 Å². The van der Waals surface area contributed by atoms with E-state index in [1.807, 2.05) is 30.3 Å². The normalized spacial score (nSPS) is 10.5. The number of ether oxygens (including phenoxy) is 1. The Balaban J connectivity index is 1.53. The molecule has 182 valence electrons. The highest BCUT2D eigenvalue weighted by molar-refractivity contribution is 9.10. The molecule has 3 aromatic carbocycles. The number of rotatable bonds is 9. The molecule has 8 heteroatoms. The molecule has 0 atom stereocenters. The van der Waals surface area contributed by atoms with Gasteiger partial charge in [0.05, 0.1) is 17.5 Å². The highest BCUT2D eigenvalue weighted by Gasteiger charge is 2.12. The summed E-state index contributed by atoms with van der Waals surface area (Å²) in [5.41, 5.74) is 2.65. The van der Waals surface area contributed by atoms with Crippen LogP contribution < -0.4 is 20.7 Å².